The largest absolute Gasteiger partial charge is 0.414 e. The lowest BCUT2D eigenvalue weighted by molar-refractivity contribution is 0.129. The van der Waals surface area contributed by atoms with E-state index in [9.17, 15) is 0 Å². The van der Waals surface area contributed by atoms with Crippen molar-refractivity contribution >= 4 is 8.32 Å². The zero-order valence-electron chi connectivity index (χ0n) is 13.0. The third-order valence-corrected chi connectivity index (χ3v) is 9.38. The van der Waals surface area contributed by atoms with Crippen LogP contribution in [0.4, 0.5) is 0 Å². The van der Waals surface area contributed by atoms with Gasteiger partial charge in [0.15, 0.2) is 8.32 Å². The number of imidazole rings is 1. The zero-order chi connectivity index (χ0) is 14.1. The first-order valence-corrected chi connectivity index (χ1v) is 10.4. The van der Waals surface area contributed by atoms with Crippen molar-refractivity contribution in [2.45, 2.75) is 76.6 Å². The summed E-state index contributed by atoms with van der Waals surface area (Å²) < 4.78 is 6.52. The minimum absolute atomic E-state index is 0.310. The third kappa shape index (κ3) is 3.48. The molecule has 0 atom stereocenters. The monoisotopic (exact) mass is 280 g/mol. The van der Waals surface area contributed by atoms with Crippen LogP contribution in [-0.2, 0) is 4.43 Å². The Morgan fingerprint density at radius 1 is 1.21 bits per heavy atom. The van der Waals surface area contributed by atoms with E-state index in [2.05, 4.69) is 43.8 Å². The van der Waals surface area contributed by atoms with E-state index in [1.165, 1.54) is 25.7 Å². The molecule has 0 saturated heterocycles. The van der Waals surface area contributed by atoms with Gasteiger partial charge in [-0.2, -0.15) is 0 Å². The van der Waals surface area contributed by atoms with Crippen LogP contribution >= 0.6 is 0 Å². The first kappa shape index (κ1) is 14.8. The fourth-order valence-electron chi connectivity index (χ4n) is 2.55. The van der Waals surface area contributed by atoms with Gasteiger partial charge in [0.05, 0.1) is 0 Å². The van der Waals surface area contributed by atoms with Crippen molar-refractivity contribution in [2.75, 3.05) is 0 Å². The van der Waals surface area contributed by atoms with E-state index in [0.29, 0.717) is 17.1 Å². The van der Waals surface area contributed by atoms with Crippen LogP contribution in [0.3, 0.4) is 0 Å². The van der Waals surface area contributed by atoms with Crippen LogP contribution in [0.15, 0.2) is 12.4 Å². The second-order valence-corrected chi connectivity index (χ2v) is 12.1. The third-order valence-electron chi connectivity index (χ3n) is 4.85. The molecule has 0 amide bonds. The minimum Gasteiger partial charge on any atom is -0.414 e. The first-order valence-electron chi connectivity index (χ1n) is 7.47. The van der Waals surface area contributed by atoms with Crippen molar-refractivity contribution in [3.05, 3.63) is 18.2 Å². The molecule has 1 fully saturated rings. The lowest BCUT2D eigenvalue weighted by atomic mass is 9.87. The molecule has 0 aliphatic heterocycles. The molecule has 1 saturated carbocycles. The van der Waals surface area contributed by atoms with Gasteiger partial charge in [-0.25, -0.2) is 4.98 Å². The van der Waals surface area contributed by atoms with Crippen LogP contribution in [0.1, 0.15) is 58.2 Å². The minimum atomic E-state index is -1.60. The lowest BCUT2D eigenvalue weighted by Gasteiger charge is -2.41. The summed E-state index contributed by atoms with van der Waals surface area (Å²) in [7, 11) is -1.60. The number of rotatable bonds is 3. The molecule has 3 nitrogen and oxygen atoms in total. The molecule has 1 heterocycles. The summed E-state index contributed by atoms with van der Waals surface area (Å²) in [4.78, 5) is 7.64. The standard InChI is InChI=1S/C15H28N2OSi/c1-15(2,3)19(4,5)18-13-8-6-12(7-9-13)14-16-10-11-17-14/h10-13H,6-9H2,1-5H3,(H,16,17). The van der Waals surface area contributed by atoms with E-state index in [1.54, 1.807) is 0 Å². The average molecular weight is 280 g/mol. The molecule has 4 heteroatoms. The van der Waals surface area contributed by atoms with Gasteiger partial charge in [0.2, 0.25) is 0 Å². The molecule has 2 rings (SSSR count). The molecule has 108 valence electrons. The van der Waals surface area contributed by atoms with Crippen LogP contribution in [0.5, 0.6) is 0 Å². The van der Waals surface area contributed by atoms with Crippen LogP contribution < -0.4 is 0 Å². The van der Waals surface area contributed by atoms with Gasteiger partial charge >= 0.3 is 0 Å². The maximum absolute atomic E-state index is 6.52. The Morgan fingerprint density at radius 3 is 2.32 bits per heavy atom. The van der Waals surface area contributed by atoms with Crippen LogP contribution in [0, 0.1) is 0 Å². The topological polar surface area (TPSA) is 37.9 Å². The van der Waals surface area contributed by atoms with Crippen molar-refractivity contribution < 1.29 is 4.43 Å². The van der Waals surface area contributed by atoms with Crippen molar-refractivity contribution in [1.82, 2.24) is 9.97 Å². The van der Waals surface area contributed by atoms with E-state index in [-0.39, 0.29) is 0 Å². The molecule has 0 radical (unpaired) electrons. The zero-order valence-corrected chi connectivity index (χ0v) is 14.0. The fourth-order valence-corrected chi connectivity index (χ4v) is 3.97. The molecule has 1 aliphatic carbocycles. The highest BCUT2D eigenvalue weighted by atomic mass is 28.4. The maximum Gasteiger partial charge on any atom is 0.192 e. The van der Waals surface area contributed by atoms with E-state index in [0.717, 1.165) is 5.82 Å². The Labute approximate surface area is 118 Å². The van der Waals surface area contributed by atoms with Gasteiger partial charge < -0.3 is 9.41 Å². The van der Waals surface area contributed by atoms with Gasteiger partial charge in [-0.3, -0.25) is 0 Å². The summed E-state index contributed by atoms with van der Waals surface area (Å²) in [5.41, 5.74) is 0. The summed E-state index contributed by atoms with van der Waals surface area (Å²) in [5, 5.41) is 0.310. The van der Waals surface area contributed by atoms with E-state index < -0.39 is 8.32 Å². The predicted octanol–water partition coefficient (Wildman–Crippen LogP) is 4.46. The molecule has 0 unspecified atom stereocenters. The smallest absolute Gasteiger partial charge is 0.192 e. The van der Waals surface area contributed by atoms with Gasteiger partial charge in [0, 0.05) is 24.4 Å². The van der Waals surface area contributed by atoms with E-state index in [1.807, 2.05) is 12.4 Å². The summed E-state index contributed by atoms with van der Waals surface area (Å²) in [6, 6.07) is 0. The summed E-state index contributed by atoms with van der Waals surface area (Å²) in [5.74, 6) is 1.76. The van der Waals surface area contributed by atoms with E-state index in [4.69, 9.17) is 4.43 Å². The molecule has 1 aliphatic rings. The van der Waals surface area contributed by atoms with E-state index >= 15 is 0 Å². The van der Waals surface area contributed by atoms with Crippen molar-refractivity contribution in [3.63, 3.8) is 0 Å². The molecule has 0 spiro atoms. The number of nitrogens with zero attached hydrogens (tertiary/aromatic N) is 1. The second kappa shape index (κ2) is 5.41. The maximum atomic E-state index is 6.52. The predicted molar refractivity (Wildman–Crippen MR) is 81.9 cm³/mol. The molecule has 0 aromatic carbocycles. The normalized spacial score (nSPS) is 25.5. The van der Waals surface area contributed by atoms with Crippen molar-refractivity contribution in [2.24, 2.45) is 0 Å². The molecule has 1 N–H and O–H groups in total. The van der Waals surface area contributed by atoms with Crippen molar-refractivity contribution in [1.29, 1.82) is 0 Å². The SMILES string of the molecule is CC(C)(C)[Si](C)(C)OC1CCC(c2ncc[nH]2)CC1. The average Bonchev–Trinajstić information content (AvgIpc) is 2.81. The molecule has 0 bridgehead atoms. The lowest BCUT2D eigenvalue weighted by Crippen LogP contribution is -2.44. The molecule has 1 aromatic heterocycles. The Morgan fingerprint density at radius 2 is 1.84 bits per heavy atom. The van der Waals surface area contributed by atoms with Crippen molar-refractivity contribution in [3.8, 4) is 0 Å². The van der Waals surface area contributed by atoms with Gasteiger partial charge in [-0.05, 0) is 43.8 Å². The Balaban J connectivity index is 1.87. The summed E-state index contributed by atoms with van der Waals surface area (Å²) in [6.45, 7) is 11.6. The number of nitrogens with one attached hydrogen (secondary N) is 1. The fraction of sp³-hybridized carbons (Fsp3) is 0.800. The first-order chi connectivity index (χ1) is 8.79. The summed E-state index contributed by atoms with van der Waals surface area (Å²) in [6.07, 6.45) is 9.00. The second-order valence-electron chi connectivity index (χ2n) is 7.33. The highest BCUT2D eigenvalue weighted by molar-refractivity contribution is 6.74. The van der Waals surface area contributed by atoms with Crippen LogP contribution in [0.25, 0.3) is 0 Å². The number of aromatic amines is 1. The Bertz CT molecular complexity index is 387. The highest BCUT2D eigenvalue weighted by Gasteiger charge is 2.39. The summed E-state index contributed by atoms with van der Waals surface area (Å²) >= 11 is 0. The number of aromatic nitrogens is 2. The van der Waals surface area contributed by atoms with Gasteiger partial charge in [-0.1, -0.05) is 20.8 Å². The van der Waals surface area contributed by atoms with Gasteiger partial charge in [0.1, 0.15) is 5.82 Å². The van der Waals surface area contributed by atoms with Gasteiger partial charge in [0.25, 0.3) is 0 Å². The number of hydrogen-bond donors (Lipinski definition) is 1. The Kier molecular flexibility index (Phi) is 4.21. The molecular weight excluding hydrogens is 252 g/mol. The van der Waals surface area contributed by atoms with Gasteiger partial charge in [-0.15, -0.1) is 0 Å². The quantitative estimate of drug-likeness (QED) is 0.830. The highest BCUT2D eigenvalue weighted by Crippen LogP contribution is 2.40. The molecular formula is C15H28N2OSi. The number of hydrogen-bond acceptors (Lipinski definition) is 2. The molecule has 19 heavy (non-hydrogen) atoms. The number of H-pyrrole nitrogens is 1. The molecule has 1 aromatic rings. The van der Waals surface area contributed by atoms with Crippen LogP contribution in [0.2, 0.25) is 18.1 Å². The Hall–Kier alpha value is -0.613. The van der Waals surface area contributed by atoms with Crippen LogP contribution in [-0.4, -0.2) is 24.4 Å².